The number of rotatable bonds is 4. The van der Waals surface area contributed by atoms with Gasteiger partial charge in [-0.2, -0.15) is 17.9 Å². The first-order valence-electron chi connectivity index (χ1n) is 5.63. The summed E-state index contributed by atoms with van der Waals surface area (Å²) in [5, 5.41) is 10.8. The van der Waals surface area contributed by atoms with Crippen molar-refractivity contribution >= 4 is 21.4 Å². The van der Waals surface area contributed by atoms with Gasteiger partial charge in [0.25, 0.3) is 5.69 Å². The van der Waals surface area contributed by atoms with Gasteiger partial charge in [-0.05, 0) is 25.0 Å². The number of anilines is 1. The molecule has 7 nitrogen and oxygen atoms in total. The zero-order valence-corrected chi connectivity index (χ0v) is 11.2. The van der Waals surface area contributed by atoms with Crippen LogP contribution in [-0.2, 0) is 10.0 Å². The topological polar surface area (TPSA) is 115 Å². The molecule has 2 rings (SSSR count). The van der Waals surface area contributed by atoms with Crippen LogP contribution in [0.25, 0.3) is 0 Å². The lowest BCUT2D eigenvalue weighted by molar-refractivity contribution is -0.387. The average Bonchev–Trinajstić information content (AvgIpc) is 3.08. The fourth-order valence-electron chi connectivity index (χ4n) is 1.78. The lowest BCUT2D eigenvalue weighted by Crippen LogP contribution is -2.47. The second-order valence-electron chi connectivity index (χ2n) is 4.67. The van der Waals surface area contributed by atoms with Crippen LogP contribution in [0.15, 0.2) is 23.1 Å². The van der Waals surface area contributed by atoms with E-state index in [-0.39, 0.29) is 5.69 Å². The van der Waals surface area contributed by atoms with Crippen LogP contribution in [0.1, 0.15) is 12.8 Å². The summed E-state index contributed by atoms with van der Waals surface area (Å²) in [5.74, 6) is 0. The molecule has 1 fully saturated rings. The van der Waals surface area contributed by atoms with Gasteiger partial charge >= 0.3 is 6.18 Å². The number of nitrogens with one attached hydrogen (secondary N) is 1. The molecule has 21 heavy (non-hydrogen) atoms. The molecule has 0 heterocycles. The van der Waals surface area contributed by atoms with Gasteiger partial charge in [0, 0.05) is 11.8 Å². The van der Waals surface area contributed by atoms with Crippen molar-refractivity contribution in [1.29, 1.82) is 0 Å². The second kappa shape index (κ2) is 4.56. The van der Waals surface area contributed by atoms with Crippen LogP contribution in [0.2, 0.25) is 0 Å². The number of alkyl halides is 3. The molecule has 116 valence electrons. The molecule has 0 spiro atoms. The smallest absolute Gasteiger partial charge is 0.399 e. The molecule has 0 unspecified atom stereocenters. The summed E-state index contributed by atoms with van der Waals surface area (Å²) in [5.41, 5.74) is 1.85. The lowest BCUT2D eigenvalue weighted by Gasteiger charge is -2.20. The third kappa shape index (κ3) is 2.78. The number of nitrogens with zero attached hydrogens (tertiary/aromatic N) is 1. The molecule has 1 aliphatic carbocycles. The number of hydrogen-bond donors (Lipinski definition) is 2. The van der Waals surface area contributed by atoms with Crippen molar-refractivity contribution in [2.75, 3.05) is 5.73 Å². The van der Waals surface area contributed by atoms with Crippen molar-refractivity contribution in [3.63, 3.8) is 0 Å². The molecule has 1 aromatic carbocycles. The van der Waals surface area contributed by atoms with Gasteiger partial charge in [0.05, 0.1) is 4.92 Å². The molecule has 11 heteroatoms. The monoisotopic (exact) mass is 325 g/mol. The first-order chi connectivity index (χ1) is 9.48. The largest absolute Gasteiger partial charge is 0.407 e. The van der Waals surface area contributed by atoms with Crippen LogP contribution in [0.5, 0.6) is 0 Å². The molecule has 1 aromatic rings. The fourth-order valence-corrected chi connectivity index (χ4v) is 3.43. The molecule has 1 saturated carbocycles. The molecule has 0 saturated heterocycles. The van der Waals surface area contributed by atoms with Crippen molar-refractivity contribution in [2.24, 2.45) is 0 Å². The van der Waals surface area contributed by atoms with E-state index in [2.05, 4.69) is 0 Å². The molecule has 0 amide bonds. The molecule has 0 radical (unpaired) electrons. The molecule has 0 aromatic heterocycles. The highest BCUT2D eigenvalue weighted by atomic mass is 32.2. The Balaban J connectivity index is 2.46. The van der Waals surface area contributed by atoms with Crippen molar-refractivity contribution in [3.05, 3.63) is 28.3 Å². The van der Waals surface area contributed by atoms with Crippen molar-refractivity contribution in [3.8, 4) is 0 Å². The summed E-state index contributed by atoms with van der Waals surface area (Å²) in [4.78, 5) is 8.92. The Kier molecular flexibility index (Phi) is 3.37. The number of sulfonamides is 1. The van der Waals surface area contributed by atoms with Gasteiger partial charge < -0.3 is 5.73 Å². The Morgan fingerprint density at radius 2 is 1.90 bits per heavy atom. The van der Waals surface area contributed by atoms with E-state index in [4.69, 9.17) is 5.73 Å². The highest BCUT2D eigenvalue weighted by Crippen LogP contribution is 2.50. The van der Waals surface area contributed by atoms with Gasteiger partial charge in [0.2, 0.25) is 10.0 Å². The zero-order chi connectivity index (χ0) is 16.1. The maximum atomic E-state index is 12.8. The molecule has 3 N–H and O–H groups in total. The normalized spacial score (nSPS) is 17.5. The van der Waals surface area contributed by atoms with Gasteiger partial charge in [0.1, 0.15) is 5.54 Å². The van der Waals surface area contributed by atoms with Crippen LogP contribution < -0.4 is 10.5 Å². The van der Waals surface area contributed by atoms with E-state index < -0.39 is 50.1 Å². The van der Waals surface area contributed by atoms with E-state index in [0.29, 0.717) is 0 Å². The third-order valence-electron chi connectivity index (χ3n) is 3.09. The van der Waals surface area contributed by atoms with Crippen LogP contribution in [0, 0.1) is 10.1 Å². The fraction of sp³-hybridized carbons (Fsp3) is 0.400. The predicted molar refractivity (Wildman–Crippen MR) is 65.9 cm³/mol. The van der Waals surface area contributed by atoms with Gasteiger partial charge in [-0.1, -0.05) is 0 Å². The Morgan fingerprint density at radius 1 is 1.33 bits per heavy atom. The minimum atomic E-state index is -4.77. The van der Waals surface area contributed by atoms with Crippen LogP contribution >= 0.6 is 0 Å². The number of nitro groups is 1. The second-order valence-corrected chi connectivity index (χ2v) is 6.32. The summed E-state index contributed by atoms with van der Waals surface area (Å²) >= 11 is 0. The number of halogens is 3. The summed E-state index contributed by atoms with van der Waals surface area (Å²) in [7, 11) is -4.73. The Bertz CT molecular complexity index is 698. The molecule has 0 bridgehead atoms. The Morgan fingerprint density at radius 3 is 2.33 bits per heavy atom. The van der Waals surface area contributed by atoms with E-state index in [1.165, 1.54) is 4.72 Å². The minimum absolute atomic E-state index is 0.113. The quantitative estimate of drug-likeness (QED) is 0.495. The number of nitro benzene ring substituents is 1. The van der Waals surface area contributed by atoms with Crippen molar-refractivity contribution < 1.29 is 26.5 Å². The summed E-state index contributed by atoms with van der Waals surface area (Å²) in [6.07, 6.45) is -5.59. The maximum Gasteiger partial charge on any atom is 0.407 e. The van der Waals surface area contributed by atoms with E-state index in [9.17, 15) is 31.7 Å². The number of benzene rings is 1. The van der Waals surface area contributed by atoms with E-state index in [1.807, 2.05) is 0 Å². The summed E-state index contributed by atoms with van der Waals surface area (Å²) in [6.45, 7) is 0. The minimum Gasteiger partial charge on any atom is -0.399 e. The van der Waals surface area contributed by atoms with Crippen molar-refractivity contribution in [1.82, 2.24) is 4.72 Å². The lowest BCUT2D eigenvalue weighted by atomic mass is 10.3. The predicted octanol–water partition coefficient (Wildman–Crippen LogP) is 1.55. The highest BCUT2D eigenvalue weighted by molar-refractivity contribution is 7.89. The SMILES string of the molecule is Nc1ccc([N+](=O)[O-])c(S(=O)(=O)NC2(C(F)(F)F)CC2)c1. The van der Waals surface area contributed by atoms with E-state index >= 15 is 0 Å². The van der Waals surface area contributed by atoms with Crippen LogP contribution in [0.4, 0.5) is 24.5 Å². The standard InChI is InChI=1S/C10H10F3N3O4S/c11-10(12,13)9(3-4-9)15-21(19,20)8-5-6(14)1-2-7(8)16(17)18/h1-2,5,15H,3-4,14H2. The van der Waals surface area contributed by atoms with Crippen LogP contribution in [-0.4, -0.2) is 25.1 Å². The van der Waals surface area contributed by atoms with Crippen molar-refractivity contribution in [2.45, 2.75) is 29.5 Å². The number of nitrogens with two attached hydrogens (primary N) is 1. The molecule has 0 atom stereocenters. The maximum absolute atomic E-state index is 12.8. The molecule has 0 aliphatic heterocycles. The number of nitrogen functional groups attached to an aromatic ring is 1. The molecular weight excluding hydrogens is 315 g/mol. The third-order valence-corrected chi connectivity index (χ3v) is 4.66. The summed E-state index contributed by atoms with van der Waals surface area (Å²) in [6, 6.07) is 2.68. The van der Waals surface area contributed by atoms with Gasteiger partial charge in [0.15, 0.2) is 4.90 Å². The molecule has 1 aliphatic rings. The van der Waals surface area contributed by atoms with Gasteiger partial charge in [-0.25, -0.2) is 8.42 Å². The molecular formula is C10H10F3N3O4S. The van der Waals surface area contributed by atoms with Gasteiger partial charge in [-0.3, -0.25) is 10.1 Å². The first kappa shape index (κ1) is 15.5. The number of hydrogen-bond acceptors (Lipinski definition) is 5. The average molecular weight is 325 g/mol. The highest BCUT2D eigenvalue weighted by Gasteiger charge is 2.65. The Labute approximate surface area is 117 Å². The summed E-state index contributed by atoms with van der Waals surface area (Å²) < 4.78 is 64.0. The van der Waals surface area contributed by atoms with Crippen LogP contribution in [0.3, 0.4) is 0 Å². The Hall–Kier alpha value is -1.88. The first-order valence-corrected chi connectivity index (χ1v) is 7.11. The zero-order valence-electron chi connectivity index (χ0n) is 10.3. The van der Waals surface area contributed by atoms with E-state index in [1.54, 1.807) is 0 Å². The van der Waals surface area contributed by atoms with Gasteiger partial charge in [-0.15, -0.1) is 0 Å². The van der Waals surface area contributed by atoms with E-state index in [0.717, 1.165) is 18.2 Å².